The molecule has 5 heteroatoms. The molecule has 1 aliphatic heterocycles. The molecule has 0 spiro atoms. The quantitative estimate of drug-likeness (QED) is 0.843. The largest absolute Gasteiger partial charge is 0.446 e. The van der Waals surface area contributed by atoms with Crippen LogP contribution < -0.4 is 5.32 Å². The molecule has 1 heterocycles. The van der Waals surface area contributed by atoms with Crippen molar-refractivity contribution in [2.24, 2.45) is 0 Å². The molecular formula is C20H20N2O3. The molecule has 128 valence electrons. The van der Waals surface area contributed by atoms with E-state index >= 15 is 0 Å². The Kier molecular flexibility index (Phi) is 5.14. The summed E-state index contributed by atoms with van der Waals surface area (Å²) in [6.45, 7) is 3.03. The number of hydrogen-bond acceptors (Lipinski definition) is 4. The second-order valence-corrected chi connectivity index (χ2v) is 5.70. The van der Waals surface area contributed by atoms with Crippen LogP contribution in [0, 0.1) is 0 Å². The molecule has 0 unspecified atom stereocenters. The zero-order valence-electron chi connectivity index (χ0n) is 14.0. The fraction of sp³-hybridized carbons (Fsp3) is 0.200. The number of carbonyl (C=O) groups is 2. The lowest BCUT2D eigenvalue weighted by molar-refractivity contribution is -0.124. The zero-order valence-corrected chi connectivity index (χ0v) is 14.0. The number of carbonyl (C=O) groups excluding carboxylic acids is 2. The van der Waals surface area contributed by atoms with Gasteiger partial charge >= 0.3 is 6.09 Å². The van der Waals surface area contributed by atoms with Crippen LogP contribution in [0.2, 0.25) is 0 Å². The van der Waals surface area contributed by atoms with Gasteiger partial charge in [0.05, 0.1) is 0 Å². The molecule has 5 nitrogen and oxygen atoms in total. The van der Waals surface area contributed by atoms with Crippen molar-refractivity contribution >= 4 is 23.8 Å². The Morgan fingerprint density at radius 3 is 2.80 bits per heavy atom. The van der Waals surface area contributed by atoms with Gasteiger partial charge in [-0.1, -0.05) is 42.5 Å². The average Bonchev–Trinajstić information content (AvgIpc) is 3.03. The summed E-state index contributed by atoms with van der Waals surface area (Å²) in [5.74, 6) is -0.384. The maximum atomic E-state index is 12.5. The molecule has 2 aromatic rings. The lowest BCUT2D eigenvalue weighted by Crippen LogP contribution is -2.32. The van der Waals surface area contributed by atoms with Gasteiger partial charge in [0.1, 0.15) is 12.6 Å². The van der Waals surface area contributed by atoms with Crippen LogP contribution >= 0.6 is 0 Å². The number of nitrogens with one attached hydrogen (secondary N) is 1. The first-order valence-corrected chi connectivity index (χ1v) is 8.26. The van der Waals surface area contributed by atoms with Gasteiger partial charge in [0.2, 0.25) is 0 Å². The first-order valence-electron chi connectivity index (χ1n) is 8.26. The molecule has 1 aliphatic rings. The van der Waals surface area contributed by atoms with E-state index in [0.29, 0.717) is 0 Å². The maximum absolute atomic E-state index is 12.5. The number of rotatable bonds is 5. The number of amides is 2. The van der Waals surface area contributed by atoms with Gasteiger partial charge in [-0.15, -0.1) is 0 Å². The Hall–Kier alpha value is -3.08. The van der Waals surface area contributed by atoms with Crippen LogP contribution in [0.15, 0.2) is 60.7 Å². The molecule has 1 N–H and O–H groups in total. The summed E-state index contributed by atoms with van der Waals surface area (Å²) in [5, 5.41) is 3.22. The third-order valence-corrected chi connectivity index (χ3v) is 3.98. The molecule has 2 aromatic carbocycles. The highest BCUT2D eigenvalue weighted by atomic mass is 16.6. The number of ether oxygens (including phenoxy) is 1. The summed E-state index contributed by atoms with van der Waals surface area (Å²) in [6.07, 6.45) is 2.51. The topological polar surface area (TPSA) is 58.6 Å². The molecule has 1 fully saturated rings. The van der Waals surface area contributed by atoms with Gasteiger partial charge in [-0.2, -0.15) is 0 Å². The number of anilines is 1. The number of hydrogen-bond donors (Lipinski definition) is 1. The van der Waals surface area contributed by atoms with Gasteiger partial charge in [-0.25, -0.2) is 9.69 Å². The minimum absolute atomic E-state index is 0.179. The molecule has 0 radical (unpaired) electrons. The highest BCUT2D eigenvalue weighted by Gasteiger charge is 2.37. The van der Waals surface area contributed by atoms with E-state index in [0.717, 1.165) is 23.4 Å². The van der Waals surface area contributed by atoms with Crippen molar-refractivity contribution < 1.29 is 14.3 Å². The fourth-order valence-corrected chi connectivity index (χ4v) is 2.79. The number of cyclic esters (lactones) is 1. The third-order valence-electron chi connectivity index (χ3n) is 3.98. The molecule has 0 aromatic heterocycles. The molecule has 0 bridgehead atoms. The molecule has 3 rings (SSSR count). The van der Waals surface area contributed by atoms with Crippen molar-refractivity contribution in [3.63, 3.8) is 0 Å². The minimum Gasteiger partial charge on any atom is -0.446 e. The first-order chi connectivity index (χ1) is 12.2. The molecular weight excluding hydrogens is 316 g/mol. The Morgan fingerprint density at radius 1 is 1.24 bits per heavy atom. The molecule has 1 atom stereocenters. The van der Waals surface area contributed by atoms with Crippen LogP contribution in [0.5, 0.6) is 0 Å². The van der Waals surface area contributed by atoms with E-state index in [4.69, 9.17) is 4.74 Å². The van der Waals surface area contributed by atoms with Crippen molar-refractivity contribution in [3.05, 3.63) is 71.8 Å². The van der Waals surface area contributed by atoms with Crippen molar-refractivity contribution in [2.75, 3.05) is 18.5 Å². The van der Waals surface area contributed by atoms with Gasteiger partial charge in [-0.3, -0.25) is 4.79 Å². The third kappa shape index (κ3) is 3.88. The minimum atomic E-state index is -0.607. The Morgan fingerprint density at radius 2 is 2.04 bits per heavy atom. The smallest absolute Gasteiger partial charge is 0.417 e. The summed E-state index contributed by atoms with van der Waals surface area (Å²) >= 11 is 0. The SMILES string of the molecule is CCNc1cccc(/C=C/C(=O)N2C(=O)OC[C@H]2c2ccccc2)c1. The van der Waals surface area contributed by atoms with Crippen molar-refractivity contribution in [2.45, 2.75) is 13.0 Å². The lowest BCUT2D eigenvalue weighted by Gasteiger charge is -2.18. The van der Waals surface area contributed by atoms with Gasteiger partial charge in [0.25, 0.3) is 5.91 Å². The van der Waals surface area contributed by atoms with Gasteiger partial charge < -0.3 is 10.1 Å². The van der Waals surface area contributed by atoms with Gasteiger partial charge in [-0.05, 0) is 36.3 Å². The van der Waals surface area contributed by atoms with E-state index in [1.807, 2.05) is 61.5 Å². The maximum Gasteiger partial charge on any atom is 0.417 e. The summed E-state index contributed by atoms with van der Waals surface area (Å²) in [4.78, 5) is 25.7. The van der Waals surface area contributed by atoms with Crippen LogP contribution in [0.3, 0.4) is 0 Å². The molecule has 1 saturated heterocycles. The lowest BCUT2D eigenvalue weighted by atomic mass is 10.1. The van der Waals surface area contributed by atoms with Crippen LogP contribution in [0.4, 0.5) is 10.5 Å². The van der Waals surface area contributed by atoms with E-state index in [1.54, 1.807) is 6.08 Å². The molecule has 2 amide bonds. The van der Waals surface area contributed by atoms with Crippen LogP contribution in [0.1, 0.15) is 24.1 Å². The van der Waals surface area contributed by atoms with Crippen LogP contribution in [-0.2, 0) is 9.53 Å². The van der Waals surface area contributed by atoms with Crippen LogP contribution in [0.25, 0.3) is 6.08 Å². The summed E-state index contributed by atoms with van der Waals surface area (Å²) in [7, 11) is 0. The van der Waals surface area contributed by atoms with Crippen LogP contribution in [-0.4, -0.2) is 30.1 Å². The number of imide groups is 1. The standard InChI is InChI=1S/C20H20N2O3/c1-2-21-17-10-6-7-15(13-17)11-12-19(23)22-18(14-25-20(22)24)16-8-4-3-5-9-16/h3-13,18,21H,2,14H2,1H3/b12-11+/t18-/m0/s1. The predicted molar refractivity (Wildman–Crippen MR) is 97.0 cm³/mol. The van der Waals surface area contributed by atoms with E-state index in [2.05, 4.69) is 5.32 Å². The number of benzene rings is 2. The Labute approximate surface area is 146 Å². The second kappa shape index (κ2) is 7.66. The van der Waals surface area contributed by atoms with Crippen molar-refractivity contribution in [3.8, 4) is 0 Å². The Bertz CT molecular complexity index is 787. The van der Waals surface area contributed by atoms with E-state index in [1.165, 1.54) is 11.0 Å². The monoisotopic (exact) mass is 336 g/mol. The van der Waals surface area contributed by atoms with E-state index in [9.17, 15) is 9.59 Å². The van der Waals surface area contributed by atoms with Gasteiger partial charge in [0, 0.05) is 18.3 Å². The summed E-state index contributed by atoms with van der Waals surface area (Å²) < 4.78 is 5.08. The van der Waals surface area contributed by atoms with E-state index < -0.39 is 6.09 Å². The summed E-state index contributed by atoms with van der Waals surface area (Å²) in [6, 6.07) is 16.8. The molecule has 25 heavy (non-hydrogen) atoms. The summed E-state index contributed by atoms with van der Waals surface area (Å²) in [5.41, 5.74) is 2.75. The number of nitrogens with zero attached hydrogens (tertiary/aromatic N) is 1. The van der Waals surface area contributed by atoms with Crippen molar-refractivity contribution in [1.29, 1.82) is 0 Å². The second-order valence-electron chi connectivity index (χ2n) is 5.70. The Balaban J connectivity index is 1.77. The van der Waals surface area contributed by atoms with Gasteiger partial charge in [0.15, 0.2) is 0 Å². The first kappa shape index (κ1) is 16.8. The van der Waals surface area contributed by atoms with E-state index in [-0.39, 0.29) is 18.6 Å². The fourth-order valence-electron chi connectivity index (χ4n) is 2.79. The zero-order chi connectivity index (χ0) is 17.6. The molecule has 0 aliphatic carbocycles. The molecule has 0 saturated carbocycles. The van der Waals surface area contributed by atoms with Crippen molar-refractivity contribution in [1.82, 2.24) is 4.90 Å². The normalized spacial score (nSPS) is 16.9. The highest BCUT2D eigenvalue weighted by molar-refractivity contribution is 6.02. The average molecular weight is 336 g/mol. The predicted octanol–water partition coefficient (Wildman–Crippen LogP) is 3.85. The highest BCUT2D eigenvalue weighted by Crippen LogP contribution is 2.28.